The van der Waals surface area contributed by atoms with E-state index >= 15 is 0 Å². The Balaban J connectivity index is 0.000000197. The minimum atomic E-state index is -2.00. The summed E-state index contributed by atoms with van der Waals surface area (Å²) in [6, 6.07) is 9.15. The Hall–Kier alpha value is -6.21. The van der Waals surface area contributed by atoms with Crippen LogP contribution in [0.15, 0.2) is 42.5 Å². The van der Waals surface area contributed by atoms with Crippen LogP contribution in [0.3, 0.4) is 0 Å². The number of halogens is 1. The molecule has 6 aliphatic rings. The third kappa shape index (κ3) is 8.98. The van der Waals surface area contributed by atoms with Gasteiger partial charge in [0.25, 0.3) is 0 Å². The summed E-state index contributed by atoms with van der Waals surface area (Å²) < 4.78 is 28.8. The van der Waals surface area contributed by atoms with E-state index in [4.69, 9.17) is 35.2 Å². The second-order valence-corrected chi connectivity index (χ2v) is 19.9. The predicted octanol–water partition coefficient (Wildman–Crippen LogP) is 2.47. The summed E-state index contributed by atoms with van der Waals surface area (Å²) in [5.74, 6) is -6.23. The zero-order chi connectivity index (χ0) is 53.8. The van der Waals surface area contributed by atoms with Crippen LogP contribution >= 0.6 is 12.4 Å². The molecule has 4 aromatic rings. The average molecular weight is 1060 g/mol. The number of aliphatic hydroxyl groups is 4. The first-order chi connectivity index (χ1) is 34.8. The number of Topliss-reactive ketones (excluding diaryl/α,β-unsaturated/α-hetero) is 2. The molecule has 2 fully saturated rings. The van der Waals surface area contributed by atoms with Gasteiger partial charge in [-0.05, 0) is 33.8 Å². The number of rotatable bonds is 7. The van der Waals surface area contributed by atoms with Crippen LogP contribution in [0.4, 0.5) is 0 Å². The van der Waals surface area contributed by atoms with Gasteiger partial charge in [-0.1, -0.05) is 36.4 Å². The van der Waals surface area contributed by atoms with Crippen molar-refractivity contribution in [1.29, 1.82) is 0 Å². The van der Waals surface area contributed by atoms with Crippen LogP contribution in [0, 0.1) is 0 Å². The van der Waals surface area contributed by atoms with Crippen molar-refractivity contribution in [3.8, 4) is 28.7 Å². The molecule has 0 aromatic heterocycles. The maximum Gasteiger partial charge on any atom is 0.202 e. The summed E-state index contributed by atoms with van der Waals surface area (Å²) in [7, 11) is 1.34. The molecule has 0 amide bonds. The first-order valence-corrected chi connectivity index (χ1v) is 24.0. The highest BCUT2D eigenvalue weighted by Crippen LogP contribution is 2.54. The number of benzene rings is 4. The lowest BCUT2D eigenvalue weighted by Crippen LogP contribution is -2.52. The van der Waals surface area contributed by atoms with E-state index in [-0.39, 0.29) is 99.5 Å². The highest BCUT2D eigenvalue weighted by molar-refractivity contribution is 6.32. The molecule has 4 aromatic carbocycles. The van der Waals surface area contributed by atoms with Gasteiger partial charge in [0, 0.05) is 89.6 Å². The Labute approximate surface area is 434 Å². The number of hydrogen-bond acceptors (Lipinski definition) is 21. The summed E-state index contributed by atoms with van der Waals surface area (Å²) in [6.45, 7) is 5.59. The molecule has 2 heterocycles. The second kappa shape index (κ2) is 20.1. The van der Waals surface area contributed by atoms with Crippen molar-refractivity contribution in [2.24, 2.45) is 11.5 Å². The fourth-order valence-corrected chi connectivity index (χ4v) is 11.1. The van der Waals surface area contributed by atoms with Crippen molar-refractivity contribution >= 4 is 47.1 Å². The van der Waals surface area contributed by atoms with E-state index in [1.54, 1.807) is 26.0 Å². The topological polar surface area (TPSA) is 362 Å². The normalized spacial score (nSPS) is 30.4. The van der Waals surface area contributed by atoms with Crippen LogP contribution in [0.25, 0.3) is 0 Å². The number of nitrogens with two attached hydrogens (primary N) is 2. The zero-order valence-corrected chi connectivity index (χ0v) is 42.0. The molecule has 12 N–H and O–H groups in total. The second-order valence-electron chi connectivity index (χ2n) is 19.9. The number of phenols is 4. The summed E-state index contributed by atoms with van der Waals surface area (Å²) >= 11 is 0. The van der Waals surface area contributed by atoms with Gasteiger partial charge in [-0.15, -0.1) is 12.4 Å². The highest BCUT2D eigenvalue weighted by Gasteiger charge is 2.51. The monoisotopic (exact) mass is 1060 g/mol. The van der Waals surface area contributed by atoms with E-state index in [1.807, 2.05) is 0 Å². The van der Waals surface area contributed by atoms with Crippen LogP contribution in [0.5, 0.6) is 28.7 Å². The molecule has 0 bridgehead atoms. The quantitative estimate of drug-likeness (QED) is 0.103. The number of hydrogen-bond donors (Lipinski definition) is 10. The Morgan fingerprint density at radius 2 is 0.960 bits per heavy atom. The maximum atomic E-state index is 13.6. The SMILES string of the molecule is CC(=O)[C@]1(O)Cc2c(O)c3c(c(O)c2[C@@H](O[C@H]2C[C@H](N)[C@H](O)[C@H](C)O2)C1)C(=O)c1ccccc1C3=O.COc1cccc2c1C(=O)c1c(O)c3c(c(O)c1C2=O)C[C@@](O)(C(C)=O)C[C@@H]3OC1CC(N)C(O)C(C)O1.Cl. The lowest BCUT2D eigenvalue weighted by molar-refractivity contribution is -0.247. The Bertz CT molecular complexity index is 3060. The summed E-state index contributed by atoms with van der Waals surface area (Å²) in [6.07, 6.45) is -8.91. The van der Waals surface area contributed by atoms with Gasteiger partial charge in [0.2, 0.25) is 5.78 Å². The zero-order valence-electron chi connectivity index (χ0n) is 41.2. The van der Waals surface area contributed by atoms with Crippen molar-refractivity contribution in [3.05, 3.63) is 109 Å². The van der Waals surface area contributed by atoms with Gasteiger partial charge in [0.15, 0.2) is 41.5 Å². The fourth-order valence-electron chi connectivity index (χ4n) is 11.1. The molecule has 22 heteroatoms. The fraction of sp³-hybridized carbons (Fsp3) is 0.434. The first-order valence-electron chi connectivity index (χ1n) is 24.0. The Morgan fingerprint density at radius 3 is 1.35 bits per heavy atom. The largest absolute Gasteiger partial charge is 0.507 e. The number of methoxy groups -OCH3 is 1. The van der Waals surface area contributed by atoms with Gasteiger partial charge in [0.1, 0.15) is 39.9 Å². The molecule has 75 heavy (non-hydrogen) atoms. The number of ketones is 6. The first kappa shape index (κ1) is 55.0. The lowest BCUT2D eigenvalue weighted by atomic mass is 9.72. The minimum Gasteiger partial charge on any atom is -0.507 e. The van der Waals surface area contributed by atoms with Crippen LogP contribution in [-0.2, 0) is 41.4 Å². The molecular formula is C53H57ClN2O19. The van der Waals surface area contributed by atoms with Crippen molar-refractivity contribution in [2.75, 3.05) is 7.11 Å². The van der Waals surface area contributed by atoms with E-state index in [9.17, 15) is 69.6 Å². The van der Waals surface area contributed by atoms with Crippen LogP contribution in [-0.4, -0.2) is 143 Å². The lowest BCUT2D eigenvalue weighted by Gasteiger charge is -2.42. The third-order valence-electron chi connectivity index (χ3n) is 15.3. The highest BCUT2D eigenvalue weighted by atomic mass is 35.5. The molecule has 400 valence electrons. The molecule has 0 radical (unpaired) electrons. The van der Waals surface area contributed by atoms with Crippen molar-refractivity contribution < 1.29 is 93.3 Å². The third-order valence-corrected chi connectivity index (χ3v) is 15.3. The van der Waals surface area contributed by atoms with Gasteiger partial charge >= 0.3 is 0 Å². The average Bonchev–Trinajstić information content (AvgIpc) is 3.35. The number of fused-ring (bicyclic) bond motifs is 6. The summed E-state index contributed by atoms with van der Waals surface area (Å²) in [5, 5.41) is 87.9. The molecule has 4 unspecified atom stereocenters. The molecule has 0 spiro atoms. The predicted molar refractivity (Wildman–Crippen MR) is 261 cm³/mol. The van der Waals surface area contributed by atoms with Crippen molar-refractivity contribution in [2.45, 2.75) is 139 Å². The van der Waals surface area contributed by atoms with Crippen LogP contribution in [0.1, 0.15) is 152 Å². The number of phenolic OH excluding ortho intramolecular Hbond substituents is 4. The molecule has 10 rings (SSSR count). The van der Waals surface area contributed by atoms with Crippen LogP contribution < -0.4 is 16.2 Å². The van der Waals surface area contributed by atoms with Gasteiger partial charge < -0.3 is 76.0 Å². The van der Waals surface area contributed by atoms with Gasteiger partial charge in [-0.25, -0.2) is 0 Å². The van der Waals surface area contributed by atoms with Gasteiger partial charge in [-0.2, -0.15) is 0 Å². The molecular weight excluding hydrogens is 1000 g/mol. The number of carbonyl (C=O) groups excluding carboxylic acids is 6. The number of aliphatic hydroxyl groups excluding tert-OH is 2. The number of ether oxygens (including phenoxy) is 5. The van der Waals surface area contributed by atoms with Crippen molar-refractivity contribution in [3.63, 3.8) is 0 Å². The van der Waals surface area contributed by atoms with Crippen molar-refractivity contribution in [1.82, 2.24) is 0 Å². The standard InChI is InChI=1S/C27H29NO10.C26H27NO9.ClH/c1-10-22(30)14(28)7-17(37-10)38-16-9-27(35,11(2)29)8-13-19(16)26(34)21-20(24(13)32)23(31)12-5-4-6-15(36-3)18(12)25(21)33;1-10-21(29)15(27)7-17(35-10)36-16-9-26(34,11(2)28)8-14-18(16)25(33)20-19(24(14)32)22(30)12-5-3-4-6-13(12)23(20)31;/h4-6,10,14,16-17,22,30,32,34-35H,7-9,28H2,1-3H3;3-6,10,15-17,21,29,32-34H,7-9,27H2,1-2H3;1H/t10?,14?,16-,17?,22?,27-;10-,15-,16-,17-,21+,26-;/m00./s1. The van der Waals surface area contributed by atoms with E-state index in [0.29, 0.717) is 0 Å². The smallest absolute Gasteiger partial charge is 0.202 e. The molecule has 2 aliphatic heterocycles. The van der Waals surface area contributed by atoms with E-state index < -0.39 is 154 Å². The summed E-state index contributed by atoms with van der Waals surface area (Å²) in [5.41, 5.74) is 6.35. The van der Waals surface area contributed by atoms with E-state index in [0.717, 1.165) is 0 Å². The maximum absolute atomic E-state index is 13.6. The molecule has 0 saturated carbocycles. The van der Waals surface area contributed by atoms with Gasteiger partial charge in [0.05, 0.1) is 71.6 Å². The molecule has 12 atom stereocenters. The van der Waals surface area contributed by atoms with Gasteiger partial charge in [-0.3, -0.25) is 28.8 Å². The number of carbonyl (C=O) groups is 6. The molecule has 21 nitrogen and oxygen atoms in total. The molecule has 2 saturated heterocycles. The van der Waals surface area contributed by atoms with Crippen LogP contribution in [0.2, 0.25) is 0 Å². The Kier molecular flexibility index (Phi) is 14.7. The van der Waals surface area contributed by atoms with E-state index in [1.165, 1.54) is 51.3 Å². The Morgan fingerprint density at radius 1 is 0.587 bits per heavy atom. The van der Waals surface area contributed by atoms with E-state index in [2.05, 4.69) is 0 Å². The minimum absolute atomic E-state index is 0. The number of aromatic hydroxyl groups is 4. The summed E-state index contributed by atoms with van der Waals surface area (Å²) in [4.78, 5) is 78.6. The molecule has 4 aliphatic carbocycles.